The zero-order valence-corrected chi connectivity index (χ0v) is 10.9. The molecule has 0 spiro atoms. The van der Waals surface area contributed by atoms with Crippen molar-refractivity contribution in [3.63, 3.8) is 0 Å². The second-order valence-corrected chi connectivity index (χ2v) is 3.82. The summed E-state index contributed by atoms with van der Waals surface area (Å²) in [6.07, 6.45) is 0. The average molecular weight is 306 g/mol. The number of aromatic nitrogens is 10. The van der Waals surface area contributed by atoms with Gasteiger partial charge in [-0.2, -0.15) is 9.97 Å². The van der Waals surface area contributed by atoms with Gasteiger partial charge in [-0.15, -0.1) is 30.6 Å². The van der Waals surface area contributed by atoms with E-state index < -0.39 is 0 Å². The summed E-state index contributed by atoms with van der Waals surface area (Å²) in [7, 11) is 0. The third-order valence-corrected chi connectivity index (χ3v) is 2.29. The molecule has 6 N–H and O–H groups in total. The summed E-state index contributed by atoms with van der Waals surface area (Å²) in [5, 5.41) is 50.6. The Kier molecular flexibility index (Phi) is 3.75. The average Bonchev–Trinajstić information content (AvgIpc) is 3.18. The second kappa shape index (κ2) is 6.02. The van der Waals surface area contributed by atoms with E-state index in [1.54, 1.807) is 0 Å². The maximum Gasteiger partial charge on any atom is 0.269 e. The number of aliphatic hydroxyl groups is 2. The molecule has 14 nitrogen and oxygen atoms in total. The molecule has 114 valence electrons. The first kappa shape index (κ1) is 13.7. The topological polar surface area (TPSA) is 199 Å². The van der Waals surface area contributed by atoms with Gasteiger partial charge in [0.05, 0.1) is 0 Å². The lowest BCUT2D eigenvalue weighted by atomic mass is 10.7. The molecular weight excluding hydrogens is 296 g/mol. The lowest BCUT2D eigenvalue weighted by molar-refractivity contribution is 0.271. The summed E-state index contributed by atoms with van der Waals surface area (Å²) >= 11 is 0. The van der Waals surface area contributed by atoms with Gasteiger partial charge in [0, 0.05) is 0 Å². The molecule has 14 heteroatoms. The van der Waals surface area contributed by atoms with Crippen molar-refractivity contribution in [3.8, 4) is 0 Å². The van der Waals surface area contributed by atoms with E-state index in [1.807, 2.05) is 0 Å². The highest BCUT2D eigenvalue weighted by Crippen LogP contribution is 2.08. The Bertz CT molecular complexity index is 672. The van der Waals surface area contributed by atoms with Crippen LogP contribution in [0.3, 0.4) is 0 Å². The molecule has 3 aromatic rings. The predicted molar refractivity (Wildman–Crippen MR) is 68.8 cm³/mol. The first-order valence-electron chi connectivity index (χ1n) is 5.92. The maximum absolute atomic E-state index is 8.86. The number of aromatic amines is 2. The number of aliphatic hydroxyl groups excluding tert-OH is 2. The van der Waals surface area contributed by atoms with Gasteiger partial charge in [-0.05, 0) is 0 Å². The lowest BCUT2D eigenvalue weighted by Crippen LogP contribution is -2.06. The molecule has 0 unspecified atom stereocenters. The molecule has 0 bridgehead atoms. The Morgan fingerprint density at radius 3 is 1.41 bits per heavy atom. The Morgan fingerprint density at radius 1 is 0.682 bits per heavy atom. The highest BCUT2D eigenvalue weighted by Gasteiger charge is 2.08. The first-order valence-corrected chi connectivity index (χ1v) is 5.92. The molecule has 3 aromatic heterocycles. The number of nitrogens with one attached hydrogen (secondary N) is 4. The molecule has 0 atom stereocenters. The molecule has 0 aliphatic rings. The minimum absolute atomic E-state index is 0.0695. The van der Waals surface area contributed by atoms with Gasteiger partial charge in [0.2, 0.25) is 11.9 Å². The van der Waals surface area contributed by atoms with E-state index in [1.165, 1.54) is 0 Å². The third kappa shape index (κ3) is 3.07. The minimum atomic E-state index is -0.263. The number of nitrogens with zero attached hydrogens (tertiary/aromatic N) is 8. The van der Waals surface area contributed by atoms with Crippen LogP contribution < -0.4 is 10.6 Å². The fourth-order valence-electron chi connectivity index (χ4n) is 1.37. The SMILES string of the molecule is OCc1nc(Nc2nnc(Nc3n[nH]c(CO)n3)nn2)n[nH]1. The summed E-state index contributed by atoms with van der Waals surface area (Å²) in [4.78, 5) is 7.80. The summed E-state index contributed by atoms with van der Waals surface area (Å²) in [6, 6.07) is 0. The molecule has 0 aromatic carbocycles. The quantitative estimate of drug-likeness (QED) is 0.292. The van der Waals surface area contributed by atoms with Crippen LogP contribution in [0.25, 0.3) is 0 Å². The second-order valence-electron chi connectivity index (χ2n) is 3.82. The molecule has 0 fully saturated rings. The van der Waals surface area contributed by atoms with Crippen molar-refractivity contribution in [1.82, 2.24) is 50.8 Å². The van der Waals surface area contributed by atoms with Crippen LogP contribution in [0.1, 0.15) is 11.6 Å². The molecule has 0 saturated heterocycles. The number of hydrogen-bond donors (Lipinski definition) is 6. The van der Waals surface area contributed by atoms with Crippen molar-refractivity contribution in [2.45, 2.75) is 13.2 Å². The number of rotatable bonds is 6. The normalized spacial score (nSPS) is 10.6. The molecule has 0 saturated carbocycles. The number of H-pyrrole nitrogens is 2. The van der Waals surface area contributed by atoms with Crippen LogP contribution in [0.4, 0.5) is 23.8 Å². The van der Waals surface area contributed by atoms with Crippen molar-refractivity contribution < 1.29 is 10.2 Å². The highest BCUT2D eigenvalue weighted by molar-refractivity contribution is 5.43. The molecular formula is C8H10N12O2. The van der Waals surface area contributed by atoms with E-state index in [0.29, 0.717) is 11.6 Å². The molecule has 0 radical (unpaired) electrons. The van der Waals surface area contributed by atoms with Crippen LogP contribution in [0.5, 0.6) is 0 Å². The van der Waals surface area contributed by atoms with Crippen molar-refractivity contribution in [2.24, 2.45) is 0 Å². The van der Waals surface area contributed by atoms with E-state index in [4.69, 9.17) is 10.2 Å². The smallest absolute Gasteiger partial charge is 0.269 e. The molecule has 0 amide bonds. The van der Waals surface area contributed by atoms with Crippen LogP contribution in [-0.4, -0.2) is 61.0 Å². The minimum Gasteiger partial charge on any atom is -0.388 e. The Morgan fingerprint density at radius 2 is 1.09 bits per heavy atom. The Labute approximate surface area is 121 Å². The zero-order valence-electron chi connectivity index (χ0n) is 10.9. The van der Waals surface area contributed by atoms with Crippen molar-refractivity contribution >= 4 is 23.8 Å². The predicted octanol–water partition coefficient (Wildman–Crippen LogP) is -2.03. The fraction of sp³-hybridized carbons (Fsp3) is 0.250. The van der Waals surface area contributed by atoms with Gasteiger partial charge >= 0.3 is 0 Å². The van der Waals surface area contributed by atoms with Crippen LogP contribution in [0, 0.1) is 0 Å². The lowest BCUT2D eigenvalue weighted by Gasteiger charge is -1.99. The Hall–Kier alpha value is -3.26. The van der Waals surface area contributed by atoms with E-state index in [9.17, 15) is 0 Å². The highest BCUT2D eigenvalue weighted by atomic mass is 16.3. The van der Waals surface area contributed by atoms with Gasteiger partial charge in [0.25, 0.3) is 11.9 Å². The molecule has 0 aliphatic carbocycles. The van der Waals surface area contributed by atoms with Crippen LogP contribution in [0.2, 0.25) is 0 Å². The maximum atomic E-state index is 8.86. The third-order valence-electron chi connectivity index (χ3n) is 2.29. The van der Waals surface area contributed by atoms with Gasteiger partial charge in [-0.1, -0.05) is 0 Å². The largest absolute Gasteiger partial charge is 0.388 e. The van der Waals surface area contributed by atoms with Crippen molar-refractivity contribution in [2.75, 3.05) is 10.6 Å². The molecule has 22 heavy (non-hydrogen) atoms. The van der Waals surface area contributed by atoms with E-state index in [2.05, 4.69) is 61.4 Å². The van der Waals surface area contributed by atoms with Gasteiger partial charge in [-0.3, -0.25) is 20.8 Å². The van der Waals surface area contributed by atoms with Gasteiger partial charge in [-0.25, -0.2) is 0 Å². The molecule has 0 aliphatic heterocycles. The monoisotopic (exact) mass is 306 g/mol. The number of hydrogen-bond acceptors (Lipinski definition) is 12. The molecule has 3 rings (SSSR count). The summed E-state index contributed by atoms with van der Waals surface area (Å²) in [5.41, 5.74) is 0. The molecule has 3 heterocycles. The Balaban J connectivity index is 1.64. The van der Waals surface area contributed by atoms with E-state index >= 15 is 0 Å². The van der Waals surface area contributed by atoms with E-state index in [-0.39, 0.29) is 37.0 Å². The van der Waals surface area contributed by atoms with Gasteiger partial charge in [0.1, 0.15) is 13.2 Å². The fourth-order valence-corrected chi connectivity index (χ4v) is 1.37. The van der Waals surface area contributed by atoms with Crippen LogP contribution >= 0.6 is 0 Å². The van der Waals surface area contributed by atoms with E-state index in [0.717, 1.165) is 0 Å². The zero-order chi connectivity index (χ0) is 15.4. The van der Waals surface area contributed by atoms with Gasteiger partial charge < -0.3 is 10.2 Å². The standard InChI is InChI=1S/C8H10N12O2/c21-1-3-9-5(15-13-3)11-7-17-19-8(20-18-7)12-6-10-4(2-22)14-16-6/h21-22H,1-2H2,(H2,9,11,13,15,17,18)(H2,10,12,14,16,19,20). The van der Waals surface area contributed by atoms with Crippen LogP contribution in [-0.2, 0) is 13.2 Å². The summed E-state index contributed by atoms with van der Waals surface area (Å²) in [6.45, 7) is -0.525. The number of anilines is 4. The van der Waals surface area contributed by atoms with Crippen molar-refractivity contribution in [3.05, 3.63) is 11.6 Å². The van der Waals surface area contributed by atoms with Gasteiger partial charge in [0.15, 0.2) is 11.6 Å². The first-order chi connectivity index (χ1) is 10.8. The van der Waals surface area contributed by atoms with Crippen molar-refractivity contribution in [1.29, 1.82) is 0 Å². The van der Waals surface area contributed by atoms with Crippen LogP contribution in [0.15, 0.2) is 0 Å². The summed E-state index contributed by atoms with van der Waals surface area (Å²) in [5.74, 6) is 1.09. The summed E-state index contributed by atoms with van der Waals surface area (Å²) < 4.78 is 0.